The lowest BCUT2D eigenvalue weighted by Crippen LogP contribution is -2.17. The van der Waals surface area contributed by atoms with Crippen LogP contribution in [0.15, 0.2) is 24.3 Å². The molecule has 0 bridgehead atoms. The Hall–Kier alpha value is -1.35. The van der Waals surface area contributed by atoms with Crippen LogP contribution < -0.4 is 5.32 Å². The van der Waals surface area contributed by atoms with E-state index in [0.29, 0.717) is 12.5 Å². The minimum atomic E-state index is 0.113. The highest BCUT2D eigenvalue weighted by molar-refractivity contribution is 6.21. The Morgan fingerprint density at radius 1 is 1.16 bits per heavy atom. The van der Waals surface area contributed by atoms with Gasteiger partial charge in [0.15, 0.2) is 5.82 Å². The van der Waals surface area contributed by atoms with Crippen molar-refractivity contribution in [3.8, 4) is 0 Å². The molecule has 2 rings (SSSR count). The maximum atomic E-state index is 6.30. The first-order valence-electron chi connectivity index (χ1n) is 6.68. The van der Waals surface area contributed by atoms with Crippen LogP contribution >= 0.6 is 11.6 Å². The van der Waals surface area contributed by atoms with E-state index in [1.807, 2.05) is 19.1 Å². The first-order valence-corrected chi connectivity index (χ1v) is 7.11. The fourth-order valence-corrected chi connectivity index (χ4v) is 2.60. The summed E-state index contributed by atoms with van der Waals surface area (Å²) in [5.41, 5.74) is 0.950. The van der Waals surface area contributed by atoms with Gasteiger partial charge in [-0.3, -0.25) is 0 Å². The van der Waals surface area contributed by atoms with Crippen molar-refractivity contribution >= 4 is 28.2 Å². The van der Waals surface area contributed by atoms with Crippen molar-refractivity contribution < 1.29 is 0 Å². The number of hydrogen-bond donors (Lipinski definition) is 1. The molecule has 1 atom stereocenters. The highest BCUT2D eigenvalue weighted by Crippen LogP contribution is 2.22. The van der Waals surface area contributed by atoms with E-state index in [0.717, 1.165) is 28.7 Å². The Kier molecular flexibility index (Phi) is 4.59. The number of nitrogens with zero attached hydrogens (tertiary/aromatic N) is 2. The van der Waals surface area contributed by atoms with Crippen LogP contribution in [-0.2, 0) is 0 Å². The predicted octanol–water partition coefficient (Wildman–Crippen LogP) is 4.00. The van der Waals surface area contributed by atoms with E-state index in [9.17, 15) is 0 Å². The van der Waals surface area contributed by atoms with Gasteiger partial charge >= 0.3 is 0 Å². The number of rotatable bonds is 5. The molecule has 102 valence electrons. The summed E-state index contributed by atoms with van der Waals surface area (Å²) in [6, 6.07) is 8.16. The lowest BCUT2D eigenvalue weighted by Gasteiger charge is -2.14. The Morgan fingerprint density at radius 3 is 2.53 bits per heavy atom. The molecule has 4 heteroatoms. The van der Waals surface area contributed by atoms with E-state index in [-0.39, 0.29) is 5.38 Å². The van der Waals surface area contributed by atoms with E-state index in [1.165, 1.54) is 0 Å². The van der Waals surface area contributed by atoms with Gasteiger partial charge in [-0.1, -0.05) is 38.1 Å². The third-order valence-electron chi connectivity index (χ3n) is 3.09. The number of anilines is 1. The topological polar surface area (TPSA) is 37.8 Å². The molecule has 1 unspecified atom stereocenters. The summed E-state index contributed by atoms with van der Waals surface area (Å²) in [6.07, 6.45) is 0.992. The number of benzene rings is 1. The highest BCUT2D eigenvalue weighted by atomic mass is 35.5. The van der Waals surface area contributed by atoms with Gasteiger partial charge in [0.05, 0.1) is 11.1 Å². The second-order valence-electron chi connectivity index (χ2n) is 5.29. The van der Waals surface area contributed by atoms with Gasteiger partial charge in [0.1, 0.15) is 0 Å². The van der Waals surface area contributed by atoms with Gasteiger partial charge in [0, 0.05) is 17.3 Å². The fraction of sp³-hybridized carbons (Fsp3) is 0.467. The van der Waals surface area contributed by atoms with Crippen LogP contribution in [0.4, 0.5) is 5.82 Å². The van der Waals surface area contributed by atoms with Gasteiger partial charge in [-0.2, -0.15) is 5.10 Å². The summed E-state index contributed by atoms with van der Waals surface area (Å²) in [4.78, 5) is 0. The molecule has 0 saturated heterocycles. The van der Waals surface area contributed by atoms with Crippen LogP contribution in [0.25, 0.3) is 10.8 Å². The number of nitrogens with one attached hydrogen (secondary N) is 1. The van der Waals surface area contributed by atoms with Crippen molar-refractivity contribution in [2.45, 2.75) is 32.6 Å². The van der Waals surface area contributed by atoms with Crippen molar-refractivity contribution in [1.29, 1.82) is 0 Å². The monoisotopic (exact) mass is 277 g/mol. The molecular weight excluding hydrogens is 258 g/mol. The number of fused-ring (bicyclic) bond motifs is 1. The average molecular weight is 278 g/mol. The Labute approximate surface area is 119 Å². The number of halogens is 1. The Morgan fingerprint density at radius 2 is 1.84 bits per heavy atom. The number of alkyl halides is 1. The smallest absolute Gasteiger partial charge is 0.156 e. The summed E-state index contributed by atoms with van der Waals surface area (Å²) in [6.45, 7) is 7.04. The van der Waals surface area contributed by atoms with Crippen LogP contribution in [0.5, 0.6) is 0 Å². The molecule has 0 amide bonds. The number of hydrogen-bond acceptors (Lipinski definition) is 3. The van der Waals surface area contributed by atoms with Crippen molar-refractivity contribution in [3.63, 3.8) is 0 Å². The normalized spacial score (nSPS) is 12.9. The molecule has 2 aromatic rings. The van der Waals surface area contributed by atoms with Crippen LogP contribution in [0.3, 0.4) is 0 Å². The maximum Gasteiger partial charge on any atom is 0.156 e. The molecule has 1 aromatic heterocycles. The molecule has 1 N–H and O–H groups in total. The molecule has 19 heavy (non-hydrogen) atoms. The molecule has 0 spiro atoms. The van der Waals surface area contributed by atoms with E-state index in [4.69, 9.17) is 11.6 Å². The number of aromatic nitrogens is 2. The van der Waals surface area contributed by atoms with Gasteiger partial charge in [-0.25, -0.2) is 0 Å². The Bertz CT molecular complexity index is 554. The second kappa shape index (κ2) is 6.20. The van der Waals surface area contributed by atoms with Crippen LogP contribution in [0, 0.1) is 12.8 Å². The number of aryl methyl sites for hydroxylation is 1. The summed E-state index contributed by atoms with van der Waals surface area (Å²) in [5, 5.41) is 14.1. The van der Waals surface area contributed by atoms with Crippen LogP contribution in [-0.4, -0.2) is 22.1 Å². The van der Waals surface area contributed by atoms with Gasteiger partial charge in [-0.05, 0) is 19.3 Å². The van der Waals surface area contributed by atoms with Gasteiger partial charge in [-0.15, -0.1) is 16.7 Å². The third kappa shape index (κ3) is 3.57. The summed E-state index contributed by atoms with van der Waals surface area (Å²) in [7, 11) is 0. The van der Waals surface area contributed by atoms with Crippen LogP contribution in [0.1, 0.15) is 26.0 Å². The van der Waals surface area contributed by atoms with Crippen molar-refractivity contribution in [2.75, 3.05) is 11.9 Å². The zero-order valence-corrected chi connectivity index (χ0v) is 12.4. The van der Waals surface area contributed by atoms with Crippen molar-refractivity contribution in [3.05, 3.63) is 30.0 Å². The van der Waals surface area contributed by atoms with Crippen molar-refractivity contribution in [2.24, 2.45) is 5.92 Å². The first-order chi connectivity index (χ1) is 9.08. The largest absolute Gasteiger partial charge is 0.367 e. The summed E-state index contributed by atoms with van der Waals surface area (Å²) in [5.74, 6) is 1.42. The molecule has 0 aliphatic heterocycles. The predicted molar refractivity (Wildman–Crippen MR) is 81.9 cm³/mol. The standard InChI is InChI=1S/C15H20ClN3/c1-10(2)8-12(16)9-17-15-14-7-5-4-6-13(14)11(3)18-19-15/h4-7,10,12H,8-9H2,1-3H3,(H,17,19). The SMILES string of the molecule is Cc1nnc(NCC(Cl)CC(C)C)c2ccccc12. The molecule has 0 aliphatic carbocycles. The quantitative estimate of drug-likeness (QED) is 0.840. The average Bonchev–Trinajstić information content (AvgIpc) is 2.37. The van der Waals surface area contributed by atoms with E-state index in [2.05, 4.69) is 41.5 Å². The van der Waals surface area contributed by atoms with Crippen molar-refractivity contribution in [1.82, 2.24) is 10.2 Å². The molecule has 0 fully saturated rings. The van der Waals surface area contributed by atoms with Gasteiger partial charge in [0.2, 0.25) is 0 Å². The maximum absolute atomic E-state index is 6.30. The molecular formula is C15H20ClN3. The lowest BCUT2D eigenvalue weighted by atomic mass is 10.1. The molecule has 0 aliphatic rings. The minimum absolute atomic E-state index is 0.113. The summed E-state index contributed by atoms with van der Waals surface area (Å²) >= 11 is 6.30. The molecule has 3 nitrogen and oxygen atoms in total. The second-order valence-corrected chi connectivity index (χ2v) is 5.90. The van der Waals surface area contributed by atoms with Crippen LogP contribution in [0.2, 0.25) is 0 Å². The minimum Gasteiger partial charge on any atom is -0.367 e. The Balaban J connectivity index is 2.15. The van der Waals surface area contributed by atoms with E-state index < -0.39 is 0 Å². The lowest BCUT2D eigenvalue weighted by molar-refractivity contribution is 0.572. The molecule has 0 radical (unpaired) electrons. The van der Waals surface area contributed by atoms with E-state index >= 15 is 0 Å². The highest BCUT2D eigenvalue weighted by Gasteiger charge is 2.10. The third-order valence-corrected chi connectivity index (χ3v) is 3.42. The van der Waals surface area contributed by atoms with E-state index in [1.54, 1.807) is 0 Å². The first kappa shape index (κ1) is 14.1. The molecule has 1 heterocycles. The summed E-state index contributed by atoms with van der Waals surface area (Å²) < 4.78 is 0. The van der Waals surface area contributed by atoms with Gasteiger partial charge < -0.3 is 5.32 Å². The molecule has 0 saturated carbocycles. The zero-order valence-electron chi connectivity index (χ0n) is 11.7. The van der Waals surface area contributed by atoms with Gasteiger partial charge in [0.25, 0.3) is 0 Å². The fourth-order valence-electron chi connectivity index (χ4n) is 2.17. The molecule has 1 aromatic carbocycles. The zero-order chi connectivity index (χ0) is 13.8.